The molecule has 0 aromatic heterocycles. The Morgan fingerprint density at radius 1 is 1.33 bits per heavy atom. The summed E-state index contributed by atoms with van der Waals surface area (Å²) in [6, 6.07) is 5.47. The van der Waals surface area contributed by atoms with Crippen LogP contribution in [0.1, 0.15) is 5.56 Å². The molecule has 0 radical (unpaired) electrons. The predicted octanol–water partition coefficient (Wildman–Crippen LogP) is 3.09. The molecule has 0 amide bonds. The topological polar surface area (TPSA) is 33.0 Å². The summed E-state index contributed by atoms with van der Waals surface area (Å²) in [6.07, 6.45) is 0. The minimum Gasteiger partial charge on any atom is -0.494 e. The SMILES string of the molecule is COc1c(Br)cc(C#N)cc1Br. The van der Waals surface area contributed by atoms with Gasteiger partial charge in [0, 0.05) is 0 Å². The van der Waals surface area contributed by atoms with E-state index >= 15 is 0 Å². The van der Waals surface area contributed by atoms with Gasteiger partial charge in [-0.05, 0) is 44.0 Å². The monoisotopic (exact) mass is 289 g/mol. The fourth-order valence-electron chi connectivity index (χ4n) is 0.819. The molecule has 1 rings (SSSR count). The summed E-state index contributed by atoms with van der Waals surface area (Å²) in [4.78, 5) is 0. The second kappa shape index (κ2) is 3.92. The number of ether oxygens (including phenoxy) is 1. The van der Waals surface area contributed by atoms with Crippen molar-refractivity contribution in [2.24, 2.45) is 0 Å². The van der Waals surface area contributed by atoms with Gasteiger partial charge in [0.05, 0.1) is 27.7 Å². The Bertz CT molecular complexity index is 320. The summed E-state index contributed by atoms with van der Waals surface area (Å²) < 4.78 is 6.62. The molecule has 62 valence electrons. The molecule has 0 heterocycles. The zero-order chi connectivity index (χ0) is 9.14. The molecule has 0 fully saturated rings. The number of hydrogen-bond donors (Lipinski definition) is 0. The van der Waals surface area contributed by atoms with Crippen LogP contribution in [0.2, 0.25) is 0 Å². The molecular weight excluding hydrogens is 286 g/mol. The van der Waals surface area contributed by atoms with Gasteiger partial charge in [-0.1, -0.05) is 0 Å². The molecule has 0 spiro atoms. The summed E-state index contributed by atoms with van der Waals surface area (Å²) in [5.41, 5.74) is 0.592. The van der Waals surface area contributed by atoms with Crippen molar-refractivity contribution in [3.63, 3.8) is 0 Å². The third-order valence-electron chi connectivity index (χ3n) is 1.33. The number of methoxy groups -OCH3 is 1. The molecule has 0 saturated heterocycles. The molecule has 0 aliphatic heterocycles. The van der Waals surface area contributed by atoms with Gasteiger partial charge in [-0.2, -0.15) is 5.26 Å². The quantitative estimate of drug-likeness (QED) is 0.796. The van der Waals surface area contributed by atoms with Gasteiger partial charge in [0.15, 0.2) is 0 Å². The average Bonchev–Trinajstić information content (AvgIpc) is 2.03. The van der Waals surface area contributed by atoms with Crippen LogP contribution < -0.4 is 4.74 Å². The van der Waals surface area contributed by atoms with Crippen LogP contribution in [0.4, 0.5) is 0 Å². The lowest BCUT2D eigenvalue weighted by Crippen LogP contribution is -1.87. The van der Waals surface area contributed by atoms with Crippen LogP contribution in [0.5, 0.6) is 5.75 Å². The number of benzene rings is 1. The molecule has 0 N–H and O–H groups in total. The molecule has 0 bridgehead atoms. The highest BCUT2D eigenvalue weighted by Gasteiger charge is 2.06. The van der Waals surface area contributed by atoms with Gasteiger partial charge in [0.1, 0.15) is 5.75 Å². The Labute approximate surface area is 87.4 Å². The molecule has 0 aliphatic rings. The number of hydrogen-bond acceptors (Lipinski definition) is 2. The van der Waals surface area contributed by atoms with E-state index < -0.39 is 0 Å². The molecule has 12 heavy (non-hydrogen) atoms. The Morgan fingerprint density at radius 3 is 2.17 bits per heavy atom. The van der Waals surface area contributed by atoms with Gasteiger partial charge in [0.2, 0.25) is 0 Å². The highest BCUT2D eigenvalue weighted by Crippen LogP contribution is 2.33. The van der Waals surface area contributed by atoms with E-state index in [-0.39, 0.29) is 0 Å². The van der Waals surface area contributed by atoms with Crippen molar-refractivity contribution < 1.29 is 4.74 Å². The second-order valence-electron chi connectivity index (χ2n) is 2.08. The Morgan fingerprint density at radius 2 is 1.83 bits per heavy atom. The van der Waals surface area contributed by atoms with Crippen molar-refractivity contribution in [3.8, 4) is 11.8 Å². The fraction of sp³-hybridized carbons (Fsp3) is 0.125. The average molecular weight is 291 g/mol. The van der Waals surface area contributed by atoms with Gasteiger partial charge >= 0.3 is 0 Å². The van der Waals surface area contributed by atoms with Crippen molar-refractivity contribution in [2.75, 3.05) is 7.11 Å². The maximum Gasteiger partial charge on any atom is 0.147 e. The summed E-state index contributed by atoms with van der Waals surface area (Å²) in [5.74, 6) is 0.703. The van der Waals surface area contributed by atoms with E-state index in [9.17, 15) is 0 Å². The molecular formula is C8H5Br2NO. The van der Waals surface area contributed by atoms with E-state index in [1.807, 2.05) is 6.07 Å². The predicted molar refractivity (Wildman–Crippen MR) is 53.1 cm³/mol. The van der Waals surface area contributed by atoms with Crippen molar-refractivity contribution in [1.82, 2.24) is 0 Å². The van der Waals surface area contributed by atoms with E-state index in [1.165, 1.54) is 0 Å². The van der Waals surface area contributed by atoms with Crippen LogP contribution >= 0.6 is 31.9 Å². The summed E-state index contributed by atoms with van der Waals surface area (Å²) >= 11 is 6.59. The maximum atomic E-state index is 8.62. The lowest BCUT2D eigenvalue weighted by Gasteiger charge is -2.05. The number of rotatable bonds is 1. The van der Waals surface area contributed by atoms with Gasteiger partial charge in [-0.25, -0.2) is 0 Å². The number of nitrogens with zero attached hydrogens (tertiary/aromatic N) is 1. The zero-order valence-corrected chi connectivity index (χ0v) is 9.44. The zero-order valence-electron chi connectivity index (χ0n) is 6.27. The van der Waals surface area contributed by atoms with Gasteiger partial charge in [-0.15, -0.1) is 0 Å². The van der Waals surface area contributed by atoms with Crippen LogP contribution in [0.15, 0.2) is 21.1 Å². The molecule has 0 atom stereocenters. The Kier molecular flexibility index (Phi) is 3.12. The van der Waals surface area contributed by atoms with Gasteiger partial charge in [-0.3, -0.25) is 0 Å². The van der Waals surface area contributed by atoms with E-state index in [4.69, 9.17) is 10.00 Å². The minimum atomic E-state index is 0.592. The lowest BCUT2D eigenvalue weighted by molar-refractivity contribution is 0.409. The molecule has 4 heteroatoms. The number of nitriles is 1. The van der Waals surface area contributed by atoms with Crippen LogP contribution in [0.25, 0.3) is 0 Å². The number of halogens is 2. The Balaban J connectivity index is 3.30. The maximum absolute atomic E-state index is 8.62. The third kappa shape index (κ3) is 1.79. The summed E-state index contributed by atoms with van der Waals surface area (Å²) in [7, 11) is 1.58. The fourth-order valence-corrected chi connectivity index (χ4v) is 2.33. The minimum absolute atomic E-state index is 0.592. The standard InChI is InChI=1S/C8H5Br2NO/c1-12-8-6(9)2-5(4-11)3-7(8)10/h2-3H,1H3. The van der Waals surface area contributed by atoms with Crippen molar-refractivity contribution in [3.05, 3.63) is 26.6 Å². The van der Waals surface area contributed by atoms with Crippen LogP contribution in [0, 0.1) is 11.3 Å². The molecule has 0 aliphatic carbocycles. The molecule has 1 aromatic carbocycles. The van der Waals surface area contributed by atoms with Gasteiger partial charge in [0.25, 0.3) is 0 Å². The van der Waals surface area contributed by atoms with E-state index in [1.54, 1.807) is 19.2 Å². The smallest absolute Gasteiger partial charge is 0.147 e. The highest BCUT2D eigenvalue weighted by molar-refractivity contribution is 9.11. The first-order chi connectivity index (χ1) is 5.69. The van der Waals surface area contributed by atoms with Gasteiger partial charge < -0.3 is 4.74 Å². The molecule has 0 unspecified atom stereocenters. The van der Waals surface area contributed by atoms with Crippen molar-refractivity contribution in [2.45, 2.75) is 0 Å². The first-order valence-electron chi connectivity index (χ1n) is 3.12. The molecule has 1 aromatic rings. The van der Waals surface area contributed by atoms with Crippen LogP contribution in [-0.2, 0) is 0 Å². The van der Waals surface area contributed by atoms with Crippen molar-refractivity contribution in [1.29, 1.82) is 5.26 Å². The molecule has 0 saturated carbocycles. The highest BCUT2D eigenvalue weighted by atomic mass is 79.9. The van der Waals surface area contributed by atoms with Crippen molar-refractivity contribution >= 4 is 31.9 Å². The largest absolute Gasteiger partial charge is 0.494 e. The van der Waals surface area contributed by atoms with E-state index in [0.29, 0.717) is 11.3 Å². The van der Waals surface area contributed by atoms with E-state index in [0.717, 1.165) is 8.95 Å². The molecule has 2 nitrogen and oxygen atoms in total. The summed E-state index contributed by atoms with van der Waals surface area (Å²) in [5, 5.41) is 8.62. The summed E-state index contributed by atoms with van der Waals surface area (Å²) in [6.45, 7) is 0. The Hall–Kier alpha value is -0.530. The lowest BCUT2D eigenvalue weighted by atomic mass is 10.2. The second-order valence-corrected chi connectivity index (χ2v) is 3.79. The third-order valence-corrected chi connectivity index (χ3v) is 2.51. The van der Waals surface area contributed by atoms with E-state index in [2.05, 4.69) is 31.9 Å². The normalized spacial score (nSPS) is 9.17. The first-order valence-corrected chi connectivity index (χ1v) is 4.70. The van der Waals surface area contributed by atoms with Crippen LogP contribution in [-0.4, -0.2) is 7.11 Å². The first kappa shape index (κ1) is 9.56. The van der Waals surface area contributed by atoms with Crippen LogP contribution in [0.3, 0.4) is 0 Å².